The van der Waals surface area contributed by atoms with Crippen molar-refractivity contribution in [3.05, 3.63) is 82.9 Å². The van der Waals surface area contributed by atoms with Crippen molar-refractivity contribution < 1.29 is 9.47 Å². The van der Waals surface area contributed by atoms with E-state index in [0.29, 0.717) is 63.1 Å². The average molecular weight is 554 g/mol. The third-order valence-electron chi connectivity index (χ3n) is 7.42. The Morgan fingerprint density at radius 3 is 1.74 bits per heavy atom. The van der Waals surface area contributed by atoms with E-state index in [1.807, 2.05) is 60.7 Å². The molecule has 6 rings (SSSR count). The van der Waals surface area contributed by atoms with Gasteiger partial charge in [-0.25, -0.2) is 9.97 Å². The van der Waals surface area contributed by atoms with Crippen LogP contribution in [0.4, 0.5) is 0 Å². The van der Waals surface area contributed by atoms with Crippen LogP contribution in [0.1, 0.15) is 35.1 Å². The van der Waals surface area contributed by atoms with Gasteiger partial charge in [-0.15, -0.1) is 0 Å². The monoisotopic (exact) mass is 553 g/mol. The number of ether oxygens (including phenoxy) is 2. The number of benzene rings is 2. The molecule has 0 amide bonds. The fourth-order valence-electron chi connectivity index (χ4n) is 5.45. The van der Waals surface area contributed by atoms with Crippen LogP contribution in [0, 0.1) is 22.7 Å². The molecule has 0 aliphatic carbocycles. The lowest BCUT2D eigenvalue weighted by molar-refractivity contribution is 0.397. The summed E-state index contributed by atoms with van der Waals surface area (Å²) in [4.78, 5) is 18.5. The Morgan fingerprint density at radius 1 is 0.667 bits per heavy atom. The van der Waals surface area contributed by atoms with Gasteiger partial charge in [0.15, 0.2) is 0 Å². The molecule has 0 atom stereocenters. The minimum atomic E-state index is 0.407. The molecule has 0 bridgehead atoms. The predicted molar refractivity (Wildman–Crippen MR) is 161 cm³/mol. The van der Waals surface area contributed by atoms with E-state index < -0.39 is 0 Å². The van der Waals surface area contributed by atoms with Crippen molar-refractivity contribution in [3.8, 4) is 57.5 Å². The average Bonchev–Trinajstić information content (AvgIpc) is 3.79. The van der Waals surface area contributed by atoms with E-state index in [1.165, 1.54) is 0 Å². The number of rotatable bonds is 7. The fraction of sp³-hybridized carbons (Fsp3) is 0.212. The van der Waals surface area contributed by atoms with E-state index in [4.69, 9.17) is 19.4 Å². The highest BCUT2D eigenvalue weighted by molar-refractivity contribution is 6.04. The fourth-order valence-corrected chi connectivity index (χ4v) is 5.45. The Morgan fingerprint density at radius 2 is 1.24 bits per heavy atom. The van der Waals surface area contributed by atoms with Crippen molar-refractivity contribution in [2.75, 3.05) is 33.9 Å². The molecule has 206 valence electrons. The predicted octanol–water partition coefficient (Wildman–Crippen LogP) is 5.17. The van der Waals surface area contributed by atoms with Crippen LogP contribution in [-0.4, -0.2) is 55.4 Å². The molecule has 2 aliphatic heterocycles. The summed E-state index contributed by atoms with van der Waals surface area (Å²) < 4.78 is 11.2. The van der Waals surface area contributed by atoms with Crippen LogP contribution in [0.2, 0.25) is 0 Å². The Balaban J connectivity index is 1.45. The summed E-state index contributed by atoms with van der Waals surface area (Å²) in [6.07, 6.45) is 1.90. The summed E-state index contributed by atoms with van der Waals surface area (Å²) in [6.45, 7) is 2.27. The zero-order valence-electron chi connectivity index (χ0n) is 23.3. The van der Waals surface area contributed by atoms with Crippen molar-refractivity contribution in [2.24, 2.45) is 9.98 Å². The smallest absolute Gasteiger partial charge is 0.224 e. The molecule has 2 aromatic heterocycles. The first-order chi connectivity index (χ1) is 20.7. The standard InChI is InChI=1S/C33H27N7O2/c1-41-32-24(28-10-5-15-36-28)11-13-29(39-32)22-8-3-6-20(26(22)18-34)21-7-4-9-23(27(21)19-35)30-14-12-25(33(40-30)42-2)31-37-16-17-38-31/h3-4,6-9,11-14H,5,10,15-17H2,1-2H3,(H,37,38). The van der Waals surface area contributed by atoms with Gasteiger partial charge in [0.2, 0.25) is 11.8 Å². The summed E-state index contributed by atoms with van der Waals surface area (Å²) >= 11 is 0. The Kier molecular flexibility index (Phi) is 7.32. The van der Waals surface area contributed by atoms with E-state index >= 15 is 0 Å². The zero-order valence-corrected chi connectivity index (χ0v) is 23.3. The van der Waals surface area contributed by atoms with Gasteiger partial charge in [0.25, 0.3) is 0 Å². The molecule has 4 aromatic rings. The highest BCUT2D eigenvalue weighted by atomic mass is 16.5. The molecule has 0 radical (unpaired) electrons. The van der Waals surface area contributed by atoms with Crippen LogP contribution in [0.5, 0.6) is 11.8 Å². The molecule has 2 aliphatic rings. The molecule has 0 saturated heterocycles. The van der Waals surface area contributed by atoms with Crippen LogP contribution in [0.25, 0.3) is 33.6 Å². The van der Waals surface area contributed by atoms with E-state index in [2.05, 4.69) is 27.4 Å². The SMILES string of the molecule is COc1nc(-c2cccc(-c3cccc(-c4ccc(C5=NCCN5)c(OC)n4)c3C#N)c2C#N)ccc1C1=NCCC1. The number of amidine groups is 1. The molecule has 0 saturated carbocycles. The second-order valence-electron chi connectivity index (χ2n) is 9.78. The maximum atomic E-state index is 10.4. The minimum absolute atomic E-state index is 0.407. The van der Waals surface area contributed by atoms with Crippen molar-refractivity contribution in [1.29, 1.82) is 10.5 Å². The number of nitrogens with one attached hydrogen (secondary N) is 1. The van der Waals surface area contributed by atoms with Gasteiger partial charge in [-0.1, -0.05) is 36.4 Å². The molecule has 42 heavy (non-hydrogen) atoms. The third kappa shape index (κ3) is 4.71. The van der Waals surface area contributed by atoms with Gasteiger partial charge < -0.3 is 14.8 Å². The highest BCUT2D eigenvalue weighted by Gasteiger charge is 2.22. The van der Waals surface area contributed by atoms with Gasteiger partial charge >= 0.3 is 0 Å². The van der Waals surface area contributed by atoms with Crippen molar-refractivity contribution >= 4 is 11.5 Å². The van der Waals surface area contributed by atoms with Gasteiger partial charge in [-0.3, -0.25) is 9.98 Å². The molecular weight excluding hydrogens is 526 g/mol. The number of nitrogens with zero attached hydrogens (tertiary/aromatic N) is 6. The van der Waals surface area contributed by atoms with Gasteiger partial charge in [0.1, 0.15) is 18.0 Å². The summed E-state index contributed by atoms with van der Waals surface area (Å²) in [5.41, 5.74) is 7.18. The van der Waals surface area contributed by atoms with Gasteiger partial charge in [0, 0.05) is 41.1 Å². The first-order valence-corrected chi connectivity index (χ1v) is 13.7. The first kappa shape index (κ1) is 26.7. The lowest BCUT2D eigenvalue weighted by atomic mass is 9.89. The van der Waals surface area contributed by atoms with Gasteiger partial charge in [-0.05, 0) is 37.1 Å². The van der Waals surface area contributed by atoms with E-state index in [0.717, 1.165) is 48.6 Å². The molecular formula is C33H27N7O2. The lowest BCUT2D eigenvalue weighted by Crippen LogP contribution is -2.20. The van der Waals surface area contributed by atoms with Crippen molar-refractivity contribution in [2.45, 2.75) is 12.8 Å². The number of hydrogen-bond acceptors (Lipinski definition) is 9. The van der Waals surface area contributed by atoms with Crippen LogP contribution >= 0.6 is 0 Å². The number of aliphatic imine (C=N–C) groups is 2. The van der Waals surface area contributed by atoms with Crippen LogP contribution in [0.3, 0.4) is 0 Å². The minimum Gasteiger partial charge on any atom is -0.480 e. The topological polar surface area (TPSA) is 129 Å². The molecule has 9 heteroatoms. The van der Waals surface area contributed by atoms with Gasteiger partial charge in [-0.2, -0.15) is 10.5 Å². The van der Waals surface area contributed by atoms with Crippen LogP contribution in [-0.2, 0) is 0 Å². The summed E-state index contributed by atoms with van der Waals surface area (Å²) in [5, 5.41) is 24.0. The summed E-state index contributed by atoms with van der Waals surface area (Å²) in [5.74, 6) is 1.64. The molecule has 0 unspecified atom stereocenters. The van der Waals surface area contributed by atoms with E-state index in [-0.39, 0.29) is 0 Å². The Labute approximate surface area is 243 Å². The second kappa shape index (κ2) is 11.5. The first-order valence-electron chi connectivity index (χ1n) is 13.7. The molecule has 9 nitrogen and oxygen atoms in total. The van der Waals surface area contributed by atoms with Crippen LogP contribution < -0.4 is 14.8 Å². The highest BCUT2D eigenvalue weighted by Crippen LogP contribution is 2.37. The number of nitriles is 2. The maximum absolute atomic E-state index is 10.4. The largest absolute Gasteiger partial charge is 0.480 e. The maximum Gasteiger partial charge on any atom is 0.224 e. The quantitative estimate of drug-likeness (QED) is 0.334. The van der Waals surface area contributed by atoms with E-state index in [9.17, 15) is 10.5 Å². The van der Waals surface area contributed by atoms with Gasteiger partial charge in [0.05, 0.1) is 54.4 Å². The molecule has 4 heterocycles. The number of pyridine rings is 2. The lowest BCUT2D eigenvalue weighted by Gasteiger charge is -2.15. The van der Waals surface area contributed by atoms with E-state index in [1.54, 1.807) is 14.2 Å². The number of methoxy groups -OCH3 is 2. The Hall–Kier alpha value is -5.54. The Bertz CT molecular complexity index is 1710. The summed E-state index contributed by atoms with van der Waals surface area (Å²) in [7, 11) is 3.15. The second-order valence-corrected chi connectivity index (χ2v) is 9.78. The number of aromatic nitrogens is 2. The molecule has 0 spiro atoms. The molecule has 0 fully saturated rings. The molecule has 2 aromatic carbocycles. The summed E-state index contributed by atoms with van der Waals surface area (Å²) in [6, 6.07) is 23.5. The molecule has 1 N–H and O–H groups in total. The number of hydrogen-bond donors (Lipinski definition) is 1. The third-order valence-corrected chi connectivity index (χ3v) is 7.42. The zero-order chi connectivity index (χ0) is 29.1. The van der Waals surface area contributed by atoms with Crippen LogP contribution in [0.15, 0.2) is 70.6 Å². The normalized spacial score (nSPS) is 13.9. The van der Waals surface area contributed by atoms with Crippen molar-refractivity contribution in [3.63, 3.8) is 0 Å². The van der Waals surface area contributed by atoms with Crippen molar-refractivity contribution in [1.82, 2.24) is 15.3 Å².